The molecule has 3 aliphatic rings. The first-order chi connectivity index (χ1) is 9.54. The van der Waals surface area contributed by atoms with Crippen LogP contribution in [0, 0.1) is 12.3 Å². The van der Waals surface area contributed by atoms with Crippen LogP contribution in [0.25, 0.3) is 5.57 Å². The molecule has 1 aromatic heterocycles. The summed E-state index contributed by atoms with van der Waals surface area (Å²) in [4.78, 5) is 4.47. The van der Waals surface area contributed by atoms with Gasteiger partial charge in [0.05, 0.1) is 5.54 Å². The molecule has 0 amide bonds. The second-order valence-electron chi connectivity index (χ2n) is 5.78. The van der Waals surface area contributed by atoms with Gasteiger partial charge in [0, 0.05) is 11.0 Å². The number of nitrogens with one attached hydrogen (secondary N) is 1. The number of hydrogen-bond acceptors (Lipinski definition) is 3. The summed E-state index contributed by atoms with van der Waals surface area (Å²) in [5.41, 5.74) is 9.35. The molecule has 0 fully saturated rings. The topological polar surface area (TPSA) is 67.6 Å². The Bertz CT molecular complexity index is 759. The molecular formula is C16H16N4. The molecule has 3 N–H and O–H groups in total. The Balaban J connectivity index is 2.00. The van der Waals surface area contributed by atoms with Gasteiger partial charge in [0.1, 0.15) is 5.82 Å². The minimum absolute atomic E-state index is 0.236. The highest BCUT2D eigenvalue weighted by Crippen LogP contribution is 2.56. The quantitative estimate of drug-likeness (QED) is 0.817. The van der Waals surface area contributed by atoms with Crippen molar-refractivity contribution in [3.63, 3.8) is 0 Å². The van der Waals surface area contributed by atoms with Gasteiger partial charge in [-0.3, -0.25) is 5.10 Å². The Hall–Kier alpha value is -2.20. The van der Waals surface area contributed by atoms with Gasteiger partial charge in [0.2, 0.25) is 0 Å². The maximum absolute atomic E-state index is 6.58. The normalized spacial score (nSPS) is 33.6. The van der Waals surface area contributed by atoms with Crippen molar-refractivity contribution in [3.8, 4) is 0 Å². The van der Waals surface area contributed by atoms with E-state index >= 15 is 0 Å². The van der Waals surface area contributed by atoms with E-state index in [1.54, 1.807) is 0 Å². The standard InChI is InChI=1S/C16H16N4/c1-10-18-14(20-19-10)12-5-3-4-11-6-8-16(17)9-7-13(12)15(11,16)2/h3-9H,17H2,1-2H3,(H,18,19,20). The lowest BCUT2D eigenvalue weighted by Gasteiger charge is -2.36. The lowest BCUT2D eigenvalue weighted by Crippen LogP contribution is -2.47. The smallest absolute Gasteiger partial charge is 0.181 e. The molecule has 2 atom stereocenters. The summed E-state index contributed by atoms with van der Waals surface area (Å²) in [6, 6.07) is 0. The van der Waals surface area contributed by atoms with Gasteiger partial charge in [0.15, 0.2) is 5.82 Å². The van der Waals surface area contributed by atoms with E-state index in [-0.39, 0.29) is 5.41 Å². The van der Waals surface area contributed by atoms with Crippen LogP contribution in [0.2, 0.25) is 0 Å². The van der Waals surface area contributed by atoms with Crippen molar-refractivity contribution < 1.29 is 0 Å². The molecule has 1 aromatic rings. The zero-order chi connectivity index (χ0) is 14.0. The summed E-state index contributed by atoms with van der Waals surface area (Å²) in [5.74, 6) is 1.54. The summed E-state index contributed by atoms with van der Waals surface area (Å²) in [6.45, 7) is 4.10. The number of aryl methyl sites for hydroxylation is 1. The fraction of sp³-hybridized carbons (Fsp3) is 0.250. The zero-order valence-corrected chi connectivity index (χ0v) is 11.5. The first kappa shape index (κ1) is 11.6. The van der Waals surface area contributed by atoms with Gasteiger partial charge >= 0.3 is 0 Å². The third-order valence-electron chi connectivity index (χ3n) is 4.71. The molecule has 1 heterocycles. The molecule has 20 heavy (non-hydrogen) atoms. The molecule has 0 spiro atoms. The lowest BCUT2D eigenvalue weighted by molar-refractivity contribution is 0.399. The summed E-state index contributed by atoms with van der Waals surface area (Å²) < 4.78 is 0. The van der Waals surface area contributed by atoms with Crippen LogP contribution in [0.4, 0.5) is 0 Å². The molecule has 4 nitrogen and oxygen atoms in total. The predicted octanol–water partition coefficient (Wildman–Crippen LogP) is 2.21. The number of H-pyrrole nitrogens is 1. The molecule has 0 saturated carbocycles. The monoisotopic (exact) mass is 264 g/mol. The zero-order valence-electron chi connectivity index (χ0n) is 11.5. The third kappa shape index (κ3) is 1.20. The molecule has 0 radical (unpaired) electrons. The largest absolute Gasteiger partial charge is 0.318 e. The van der Waals surface area contributed by atoms with Gasteiger partial charge in [-0.15, -0.1) is 0 Å². The lowest BCUT2D eigenvalue weighted by atomic mass is 9.69. The number of hydrogen-bond donors (Lipinski definition) is 2. The average molecular weight is 264 g/mol. The van der Waals surface area contributed by atoms with Crippen LogP contribution in [0.5, 0.6) is 0 Å². The highest BCUT2D eigenvalue weighted by Gasteiger charge is 2.53. The highest BCUT2D eigenvalue weighted by atomic mass is 15.2. The van der Waals surface area contributed by atoms with E-state index in [1.807, 2.05) is 6.92 Å². The van der Waals surface area contributed by atoms with Gasteiger partial charge in [0.25, 0.3) is 0 Å². The molecule has 100 valence electrons. The van der Waals surface area contributed by atoms with Crippen molar-refractivity contribution in [2.24, 2.45) is 11.1 Å². The van der Waals surface area contributed by atoms with E-state index in [2.05, 4.69) is 64.6 Å². The maximum Gasteiger partial charge on any atom is 0.181 e. The molecule has 0 aromatic carbocycles. The van der Waals surface area contributed by atoms with Crippen LogP contribution in [0.1, 0.15) is 18.6 Å². The van der Waals surface area contributed by atoms with Crippen LogP contribution >= 0.6 is 0 Å². The summed E-state index contributed by atoms with van der Waals surface area (Å²) in [7, 11) is 0. The first-order valence-corrected chi connectivity index (χ1v) is 6.75. The van der Waals surface area contributed by atoms with Crippen LogP contribution < -0.4 is 5.73 Å². The molecule has 0 bridgehead atoms. The van der Waals surface area contributed by atoms with Crippen LogP contribution in [0.15, 0.2) is 53.7 Å². The Morgan fingerprint density at radius 3 is 2.75 bits per heavy atom. The third-order valence-corrected chi connectivity index (χ3v) is 4.71. The summed E-state index contributed by atoms with van der Waals surface area (Å²) >= 11 is 0. The number of nitrogens with two attached hydrogens (primary N) is 1. The van der Waals surface area contributed by atoms with Gasteiger partial charge in [-0.1, -0.05) is 42.5 Å². The van der Waals surface area contributed by atoms with Crippen molar-refractivity contribution in [1.29, 1.82) is 0 Å². The summed E-state index contributed by atoms with van der Waals surface area (Å²) in [6.07, 6.45) is 14.7. The molecule has 4 rings (SSSR count). The van der Waals surface area contributed by atoms with Crippen molar-refractivity contribution in [2.45, 2.75) is 19.4 Å². The molecular weight excluding hydrogens is 248 g/mol. The van der Waals surface area contributed by atoms with Crippen LogP contribution in [-0.4, -0.2) is 20.7 Å². The molecule has 3 aliphatic carbocycles. The van der Waals surface area contributed by atoms with Crippen molar-refractivity contribution >= 4 is 5.57 Å². The molecule has 4 heteroatoms. The Labute approximate surface area is 117 Å². The van der Waals surface area contributed by atoms with E-state index < -0.39 is 5.54 Å². The van der Waals surface area contributed by atoms with Gasteiger partial charge in [-0.2, -0.15) is 5.10 Å². The first-order valence-electron chi connectivity index (χ1n) is 6.75. The van der Waals surface area contributed by atoms with E-state index in [0.29, 0.717) is 0 Å². The summed E-state index contributed by atoms with van der Waals surface area (Å²) in [5, 5.41) is 7.21. The van der Waals surface area contributed by atoms with Crippen LogP contribution in [-0.2, 0) is 0 Å². The van der Waals surface area contributed by atoms with Gasteiger partial charge in [-0.25, -0.2) is 4.98 Å². The highest BCUT2D eigenvalue weighted by molar-refractivity contribution is 5.82. The number of rotatable bonds is 1. The second-order valence-corrected chi connectivity index (χ2v) is 5.78. The van der Waals surface area contributed by atoms with Gasteiger partial charge < -0.3 is 5.73 Å². The maximum atomic E-state index is 6.58. The minimum atomic E-state index is -0.448. The van der Waals surface area contributed by atoms with E-state index in [0.717, 1.165) is 17.2 Å². The van der Waals surface area contributed by atoms with Crippen molar-refractivity contribution in [3.05, 3.63) is 65.3 Å². The fourth-order valence-electron chi connectivity index (χ4n) is 3.39. The fourth-order valence-corrected chi connectivity index (χ4v) is 3.39. The Morgan fingerprint density at radius 2 is 2.00 bits per heavy atom. The van der Waals surface area contributed by atoms with Crippen molar-refractivity contribution in [2.75, 3.05) is 0 Å². The second kappa shape index (κ2) is 3.46. The SMILES string of the molecule is Cc1nc(C2=C3C=CC4(N)C=CC(=CC=C2)C34C)n[nH]1. The predicted molar refractivity (Wildman–Crippen MR) is 78.6 cm³/mol. The number of aromatic amines is 1. The number of aromatic nitrogens is 3. The van der Waals surface area contributed by atoms with Crippen LogP contribution in [0.3, 0.4) is 0 Å². The molecule has 0 saturated heterocycles. The Morgan fingerprint density at radius 1 is 1.20 bits per heavy atom. The van der Waals surface area contributed by atoms with E-state index in [4.69, 9.17) is 5.73 Å². The minimum Gasteiger partial charge on any atom is -0.318 e. The molecule has 2 unspecified atom stereocenters. The van der Waals surface area contributed by atoms with Crippen molar-refractivity contribution in [1.82, 2.24) is 15.2 Å². The average Bonchev–Trinajstić information content (AvgIpc) is 2.97. The number of allylic oxidation sites excluding steroid dienone is 6. The van der Waals surface area contributed by atoms with E-state index in [1.165, 1.54) is 11.1 Å². The molecule has 0 aliphatic heterocycles. The van der Waals surface area contributed by atoms with Gasteiger partial charge in [-0.05, 0) is 25.0 Å². The Kier molecular flexibility index (Phi) is 2.01. The van der Waals surface area contributed by atoms with E-state index in [9.17, 15) is 0 Å². The number of nitrogens with zero attached hydrogens (tertiary/aromatic N) is 2.